The van der Waals surface area contributed by atoms with E-state index in [4.69, 9.17) is 0 Å². The average molecular weight is 275 g/mol. The third-order valence-corrected chi connectivity index (χ3v) is 6.33. The summed E-state index contributed by atoms with van der Waals surface area (Å²) in [4.78, 5) is 2.56. The Morgan fingerprint density at radius 2 is 2.00 bits per heavy atom. The molecule has 0 aromatic heterocycles. The number of fused-ring (bicyclic) bond motifs is 2. The first-order valence-corrected chi connectivity index (χ1v) is 7.88. The molecule has 2 aliphatic rings. The molecule has 2 unspecified atom stereocenters. The molecule has 1 aliphatic heterocycles. The van der Waals surface area contributed by atoms with Gasteiger partial charge in [0, 0.05) is 19.6 Å². The second-order valence-corrected chi connectivity index (χ2v) is 7.59. The minimum atomic E-state index is -0.0565. The molecule has 20 heavy (non-hydrogen) atoms. The van der Waals surface area contributed by atoms with E-state index in [9.17, 15) is 4.39 Å². The third-order valence-electron chi connectivity index (χ3n) is 6.33. The Hall–Kier alpha value is -0.890. The number of benzene rings is 1. The van der Waals surface area contributed by atoms with E-state index in [-0.39, 0.29) is 5.82 Å². The number of halogens is 1. The monoisotopic (exact) mass is 275 g/mol. The Bertz CT molecular complexity index is 496. The summed E-state index contributed by atoms with van der Waals surface area (Å²) >= 11 is 0. The van der Waals surface area contributed by atoms with E-state index in [0.29, 0.717) is 10.8 Å². The molecule has 1 saturated carbocycles. The van der Waals surface area contributed by atoms with Gasteiger partial charge in [0.15, 0.2) is 0 Å². The lowest BCUT2D eigenvalue weighted by atomic mass is 9.63. The van der Waals surface area contributed by atoms with Crippen molar-refractivity contribution in [2.45, 2.75) is 40.0 Å². The van der Waals surface area contributed by atoms with Crippen molar-refractivity contribution >= 4 is 0 Å². The molecule has 1 aliphatic carbocycles. The summed E-state index contributed by atoms with van der Waals surface area (Å²) in [6.07, 6.45) is 3.54. The standard InChI is InChI=1S/C18H26FN/c1-17(2)15-8-10-18(17,3)13-20(12-15)11-9-14-6-4-5-7-16(14)19/h4-7,15H,8-13H2,1-3H3. The quantitative estimate of drug-likeness (QED) is 0.802. The van der Waals surface area contributed by atoms with Gasteiger partial charge in [-0.3, -0.25) is 0 Å². The van der Waals surface area contributed by atoms with E-state index < -0.39 is 0 Å². The van der Waals surface area contributed by atoms with Crippen LogP contribution in [0.15, 0.2) is 24.3 Å². The highest BCUT2D eigenvalue weighted by Crippen LogP contribution is 2.58. The summed E-state index contributed by atoms with van der Waals surface area (Å²) in [5, 5.41) is 0. The highest BCUT2D eigenvalue weighted by molar-refractivity contribution is 5.17. The van der Waals surface area contributed by atoms with Crippen molar-refractivity contribution in [2.75, 3.05) is 19.6 Å². The third kappa shape index (κ3) is 2.18. The predicted molar refractivity (Wildman–Crippen MR) is 81.2 cm³/mol. The molecule has 1 heterocycles. The topological polar surface area (TPSA) is 3.24 Å². The van der Waals surface area contributed by atoms with Crippen molar-refractivity contribution in [2.24, 2.45) is 16.7 Å². The minimum absolute atomic E-state index is 0.0565. The number of rotatable bonds is 3. The van der Waals surface area contributed by atoms with Gasteiger partial charge in [-0.05, 0) is 47.6 Å². The molecular weight excluding hydrogens is 249 g/mol. The summed E-state index contributed by atoms with van der Waals surface area (Å²) in [7, 11) is 0. The molecule has 110 valence electrons. The molecule has 2 bridgehead atoms. The molecule has 0 spiro atoms. The van der Waals surface area contributed by atoms with Crippen molar-refractivity contribution in [1.82, 2.24) is 4.90 Å². The van der Waals surface area contributed by atoms with Crippen LogP contribution >= 0.6 is 0 Å². The van der Waals surface area contributed by atoms with Gasteiger partial charge < -0.3 is 4.90 Å². The highest BCUT2D eigenvalue weighted by atomic mass is 19.1. The minimum Gasteiger partial charge on any atom is -0.302 e. The number of piperidine rings is 1. The Kier molecular flexibility index (Phi) is 3.40. The lowest BCUT2D eigenvalue weighted by Gasteiger charge is -2.50. The Morgan fingerprint density at radius 3 is 2.70 bits per heavy atom. The zero-order valence-corrected chi connectivity index (χ0v) is 13.0. The van der Waals surface area contributed by atoms with Gasteiger partial charge in [-0.2, -0.15) is 0 Å². The zero-order valence-electron chi connectivity index (χ0n) is 13.0. The molecule has 2 fully saturated rings. The van der Waals surface area contributed by atoms with Crippen LogP contribution in [0, 0.1) is 22.6 Å². The molecule has 2 atom stereocenters. The van der Waals surface area contributed by atoms with Crippen molar-refractivity contribution < 1.29 is 4.39 Å². The van der Waals surface area contributed by atoms with Crippen molar-refractivity contribution in [1.29, 1.82) is 0 Å². The zero-order chi connectivity index (χ0) is 14.4. The van der Waals surface area contributed by atoms with Crippen LogP contribution in [0.5, 0.6) is 0 Å². The summed E-state index contributed by atoms with van der Waals surface area (Å²) < 4.78 is 13.7. The number of hydrogen-bond donors (Lipinski definition) is 0. The van der Waals surface area contributed by atoms with Gasteiger partial charge in [0.25, 0.3) is 0 Å². The normalized spacial score (nSPS) is 32.5. The molecule has 0 radical (unpaired) electrons. The number of nitrogens with zero attached hydrogens (tertiary/aromatic N) is 1. The van der Waals surface area contributed by atoms with E-state index in [1.54, 1.807) is 12.1 Å². The van der Waals surface area contributed by atoms with Crippen LogP contribution in [0.2, 0.25) is 0 Å². The first-order chi connectivity index (χ1) is 9.42. The van der Waals surface area contributed by atoms with Gasteiger partial charge in [0.2, 0.25) is 0 Å². The number of hydrogen-bond acceptors (Lipinski definition) is 1. The van der Waals surface area contributed by atoms with Crippen LogP contribution in [0.1, 0.15) is 39.2 Å². The van der Waals surface area contributed by atoms with Crippen LogP contribution in [0.4, 0.5) is 4.39 Å². The van der Waals surface area contributed by atoms with E-state index in [0.717, 1.165) is 24.4 Å². The fourth-order valence-corrected chi connectivity index (χ4v) is 4.29. The summed E-state index contributed by atoms with van der Waals surface area (Å²) in [6, 6.07) is 7.19. The van der Waals surface area contributed by atoms with Crippen LogP contribution in [-0.2, 0) is 6.42 Å². The van der Waals surface area contributed by atoms with Crippen molar-refractivity contribution in [3.05, 3.63) is 35.6 Å². The Labute approximate surface area is 122 Å². The second-order valence-electron chi connectivity index (χ2n) is 7.59. The molecule has 2 heteroatoms. The molecule has 0 N–H and O–H groups in total. The molecule has 1 aromatic carbocycles. The first kappa shape index (κ1) is 14.1. The van der Waals surface area contributed by atoms with Gasteiger partial charge in [0.05, 0.1) is 0 Å². The van der Waals surface area contributed by atoms with E-state index >= 15 is 0 Å². The molecule has 3 rings (SSSR count). The van der Waals surface area contributed by atoms with Crippen LogP contribution < -0.4 is 0 Å². The van der Waals surface area contributed by atoms with E-state index in [1.807, 2.05) is 12.1 Å². The van der Waals surface area contributed by atoms with Crippen molar-refractivity contribution in [3.8, 4) is 0 Å². The molecule has 0 amide bonds. The van der Waals surface area contributed by atoms with E-state index in [2.05, 4.69) is 25.7 Å². The second kappa shape index (κ2) is 4.84. The Balaban J connectivity index is 1.65. The SMILES string of the molecule is CC12CCC(CN(CCc3ccccc3F)C1)C2(C)C. The predicted octanol–water partition coefficient (Wildman–Crippen LogP) is 4.13. The summed E-state index contributed by atoms with van der Waals surface area (Å²) in [5.41, 5.74) is 1.75. The summed E-state index contributed by atoms with van der Waals surface area (Å²) in [5.74, 6) is 0.751. The summed E-state index contributed by atoms with van der Waals surface area (Å²) in [6.45, 7) is 10.7. The average Bonchev–Trinajstić information content (AvgIpc) is 2.55. The molecular formula is C18H26FN. The van der Waals surface area contributed by atoms with Gasteiger partial charge >= 0.3 is 0 Å². The van der Waals surface area contributed by atoms with Gasteiger partial charge in [-0.15, -0.1) is 0 Å². The van der Waals surface area contributed by atoms with Crippen molar-refractivity contribution in [3.63, 3.8) is 0 Å². The van der Waals surface area contributed by atoms with Crippen LogP contribution in [0.3, 0.4) is 0 Å². The number of likely N-dealkylation sites (tertiary alicyclic amines) is 1. The fraction of sp³-hybridized carbons (Fsp3) is 0.667. The maximum absolute atomic E-state index is 13.7. The van der Waals surface area contributed by atoms with Gasteiger partial charge in [-0.25, -0.2) is 4.39 Å². The smallest absolute Gasteiger partial charge is 0.126 e. The van der Waals surface area contributed by atoms with Gasteiger partial charge in [0.1, 0.15) is 5.82 Å². The maximum atomic E-state index is 13.7. The maximum Gasteiger partial charge on any atom is 0.126 e. The van der Waals surface area contributed by atoms with Crippen LogP contribution in [0.25, 0.3) is 0 Å². The van der Waals surface area contributed by atoms with E-state index in [1.165, 1.54) is 25.9 Å². The van der Waals surface area contributed by atoms with Gasteiger partial charge in [-0.1, -0.05) is 39.0 Å². The largest absolute Gasteiger partial charge is 0.302 e. The highest BCUT2D eigenvalue weighted by Gasteiger charge is 2.55. The lowest BCUT2D eigenvalue weighted by molar-refractivity contribution is -0.0170. The lowest BCUT2D eigenvalue weighted by Crippen LogP contribution is -2.52. The first-order valence-electron chi connectivity index (χ1n) is 7.88. The Morgan fingerprint density at radius 1 is 1.25 bits per heavy atom. The molecule has 1 saturated heterocycles. The van der Waals surface area contributed by atoms with Crippen LogP contribution in [-0.4, -0.2) is 24.5 Å². The fourth-order valence-electron chi connectivity index (χ4n) is 4.29. The molecule has 1 nitrogen and oxygen atoms in total. The molecule has 1 aromatic rings.